The van der Waals surface area contributed by atoms with Crippen LogP contribution in [0, 0.1) is 11.6 Å². The van der Waals surface area contributed by atoms with E-state index in [0.717, 1.165) is 17.8 Å². The van der Waals surface area contributed by atoms with Gasteiger partial charge in [-0.15, -0.1) is 0 Å². The number of ether oxygens (including phenoxy) is 1. The fourth-order valence-electron chi connectivity index (χ4n) is 2.16. The second-order valence-electron chi connectivity index (χ2n) is 4.21. The molecular formula is C12H6F3NO4S. The van der Waals surface area contributed by atoms with E-state index in [2.05, 4.69) is 4.74 Å². The Hall–Kier alpha value is -2.16. The lowest BCUT2D eigenvalue weighted by molar-refractivity contribution is 0.142. The number of thioether (sulfide) groups is 1. The van der Waals surface area contributed by atoms with Crippen molar-refractivity contribution in [2.75, 3.05) is 6.67 Å². The predicted octanol–water partition coefficient (Wildman–Crippen LogP) is 2.91. The van der Waals surface area contributed by atoms with Crippen molar-refractivity contribution < 1.29 is 27.8 Å². The van der Waals surface area contributed by atoms with Crippen LogP contribution in [0.2, 0.25) is 0 Å². The predicted molar refractivity (Wildman–Crippen MR) is 67.6 cm³/mol. The lowest BCUT2D eigenvalue weighted by Crippen LogP contribution is -2.27. The second kappa shape index (κ2) is 4.69. The van der Waals surface area contributed by atoms with Gasteiger partial charge in [-0.05, 0) is 6.07 Å². The van der Waals surface area contributed by atoms with E-state index < -0.39 is 41.0 Å². The van der Waals surface area contributed by atoms with Crippen LogP contribution < -0.4 is 10.2 Å². The quantitative estimate of drug-likeness (QED) is 0.863. The van der Waals surface area contributed by atoms with E-state index in [9.17, 15) is 22.8 Å². The minimum Gasteiger partial charge on any atom is -0.449 e. The summed E-state index contributed by atoms with van der Waals surface area (Å²) in [5.74, 6) is -2.97. The number of carbonyl (C=O) groups is 1. The van der Waals surface area contributed by atoms with Gasteiger partial charge in [-0.1, -0.05) is 11.8 Å². The van der Waals surface area contributed by atoms with Crippen molar-refractivity contribution in [3.8, 4) is 5.75 Å². The molecule has 0 saturated carbocycles. The molecule has 5 nitrogen and oxygen atoms in total. The number of rotatable bonds is 2. The van der Waals surface area contributed by atoms with Crippen LogP contribution in [0.5, 0.6) is 5.75 Å². The first-order valence-corrected chi connectivity index (χ1v) is 6.52. The molecule has 0 saturated heterocycles. The Balaban J connectivity index is 2.39. The van der Waals surface area contributed by atoms with Crippen molar-refractivity contribution >= 4 is 28.8 Å². The number of hydrogen-bond acceptors (Lipinski definition) is 4. The molecule has 1 N–H and O–H groups in total. The van der Waals surface area contributed by atoms with Gasteiger partial charge in [0.05, 0.1) is 10.9 Å². The lowest BCUT2D eigenvalue weighted by Gasteiger charge is -2.33. The summed E-state index contributed by atoms with van der Waals surface area (Å²) in [5.41, 5.74) is -0.893. The summed E-state index contributed by atoms with van der Waals surface area (Å²) >= 11 is 0.890. The van der Waals surface area contributed by atoms with Gasteiger partial charge in [0.1, 0.15) is 17.1 Å². The fourth-order valence-corrected chi connectivity index (χ4v) is 3.23. The van der Waals surface area contributed by atoms with E-state index in [1.54, 1.807) is 0 Å². The smallest absolute Gasteiger partial charge is 0.449 e. The molecule has 1 aromatic heterocycles. The first-order valence-electron chi connectivity index (χ1n) is 5.64. The molecular weight excluding hydrogens is 311 g/mol. The van der Waals surface area contributed by atoms with Crippen LogP contribution in [-0.4, -0.2) is 22.5 Å². The van der Waals surface area contributed by atoms with Gasteiger partial charge in [-0.25, -0.2) is 18.0 Å². The van der Waals surface area contributed by atoms with Crippen LogP contribution in [0.4, 0.5) is 18.0 Å². The summed E-state index contributed by atoms with van der Waals surface area (Å²) in [4.78, 5) is 22.8. The fraction of sp³-hybridized carbons (Fsp3) is 0.167. The highest BCUT2D eigenvalue weighted by molar-refractivity contribution is 8.00. The molecule has 1 aliphatic rings. The minimum absolute atomic E-state index is 0.00645. The SMILES string of the molecule is O=C(O)Oc1c2n(c3cc(F)c(F)cc3c1=O)C(CF)S2. The van der Waals surface area contributed by atoms with Gasteiger partial charge in [-0.2, -0.15) is 0 Å². The van der Waals surface area contributed by atoms with Gasteiger partial charge in [0.2, 0.25) is 11.2 Å². The van der Waals surface area contributed by atoms with Gasteiger partial charge in [-0.3, -0.25) is 4.79 Å². The molecule has 0 bridgehead atoms. The first kappa shape index (κ1) is 13.8. The molecule has 0 radical (unpaired) electrons. The Morgan fingerprint density at radius 2 is 2.05 bits per heavy atom. The number of carboxylic acid groups (broad SMARTS) is 1. The highest BCUT2D eigenvalue weighted by Gasteiger charge is 2.35. The van der Waals surface area contributed by atoms with Crippen LogP contribution in [-0.2, 0) is 0 Å². The molecule has 110 valence electrons. The summed E-state index contributed by atoms with van der Waals surface area (Å²) in [6.45, 7) is -0.818. The number of fused-ring (bicyclic) bond motifs is 3. The minimum atomic E-state index is -1.72. The monoisotopic (exact) mass is 317 g/mol. The first-order chi connectivity index (χ1) is 9.93. The zero-order chi connectivity index (χ0) is 15.3. The Morgan fingerprint density at radius 3 is 2.67 bits per heavy atom. The van der Waals surface area contributed by atoms with Crippen LogP contribution in [0.15, 0.2) is 22.0 Å². The Bertz CT molecular complexity index is 836. The zero-order valence-corrected chi connectivity index (χ0v) is 10.9. The van der Waals surface area contributed by atoms with E-state index in [-0.39, 0.29) is 15.9 Å². The van der Waals surface area contributed by atoms with Crippen molar-refractivity contribution in [1.29, 1.82) is 0 Å². The normalized spacial score (nSPS) is 16.4. The number of hydrogen-bond donors (Lipinski definition) is 1. The zero-order valence-electron chi connectivity index (χ0n) is 10.1. The van der Waals surface area contributed by atoms with E-state index in [0.29, 0.717) is 6.07 Å². The molecule has 21 heavy (non-hydrogen) atoms. The van der Waals surface area contributed by atoms with Gasteiger partial charge < -0.3 is 14.4 Å². The van der Waals surface area contributed by atoms with Crippen molar-refractivity contribution in [3.63, 3.8) is 0 Å². The number of nitrogens with zero attached hydrogens (tertiary/aromatic N) is 1. The maximum atomic E-state index is 13.3. The number of alkyl halides is 1. The lowest BCUT2D eigenvalue weighted by atomic mass is 10.2. The van der Waals surface area contributed by atoms with Gasteiger partial charge in [0.15, 0.2) is 11.6 Å². The van der Waals surface area contributed by atoms with Crippen LogP contribution >= 0.6 is 11.8 Å². The molecule has 1 unspecified atom stereocenters. The molecule has 3 rings (SSSR count). The molecule has 0 spiro atoms. The van der Waals surface area contributed by atoms with Gasteiger partial charge in [0.25, 0.3) is 0 Å². The van der Waals surface area contributed by atoms with Crippen LogP contribution in [0.25, 0.3) is 10.9 Å². The summed E-state index contributed by atoms with van der Waals surface area (Å²) in [6, 6.07) is 1.43. The molecule has 0 amide bonds. The third-order valence-corrected chi connectivity index (χ3v) is 4.23. The maximum Gasteiger partial charge on any atom is 0.511 e. The van der Waals surface area contributed by atoms with Crippen molar-refractivity contribution in [2.24, 2.45) is 0 Å². The van der Waals surface area contributed by atoms with E-state index >= 15 is 0 Å². The molecule has 0 aliphatic carbocycles. The van der Waals surface area contributed by atoms with Crippen molar-refractivity contribution in [3.05, 3.63) is 34.0 Å². The average molecular weight is 317 g/mol. The largest absolute Gasteiger partial charge is 0.511 e. The van der Waals surface area contributed by atoms with E-state index in [1.807, 2.05) is 0 Å². The number of aromatic nitrogens is 1. The number of halogens is 3. The summed E-state index contributed by atoms with van der Waals surface area (Å²) in [6.07, 6.45) is -1.72. The molecule has 9 heteroatoms. The topological polar surface area (TPSA) is 68.5 Å². The van der Waals surface area contributed by atoms with Crippen LogP contribution in [0.1, 0.15) is 5.37 Å². The Labute approximate surface area is 118 Å². The second-order valence-corrected chi connectivity index (χ2v) is 5.38. The van der Waals surface area contributed by atoms with Crippen molar-refractivity contribution in [1.82, 2.24) is 4.57 Å². The van der Waals surface area contributed by atoms with E-state index in [4.69, 9.17) is 5.11 Å². The average Bonchev–Trinajstić information content (AvgIpc) is 2.38. The molecule has 1 atom stereocenters. The molecule has 2 aromatic rings. The highest BCUT2D eigenvalue weighted by atomic mass is 32.2. The van der Waals surface area contributed by atoms with E-state index in [1.165, 1.54) is 4.57 Å². The van der Waals surface area contributed by atoms with Crippen LogP contribution in [0.3, 0.4) is 0 Å². The molecule has 2 heterocycles. The Morgan fingerprint density at radius 1 is 1.38 bits per heavy atom. The Kier molecular flexibility index (Phi) is 3.08. The molecule has 1 aromatic carbocycles. The maximum absolute atomic E-state index is 13.3. The highest BCUT2D eigenvalue weighted by Crippen LogP contribution is 2.49. The van der Waals surface area contributed by atoms with Crippen molar-refractivity contribution in [2.45, 2.75) is 10.4 Å². The number of benzene rings is 1. The summed E-state index contributed by atoms with van der Waals surface area (Å²) < 4.78 is 45.1. The molecule has 0 fully saturated rings. The van der Waals surface area contributed by atoms with Gasteiger partial charge in [0, 0.05) is 6.07 Å². The number of pyridine rings is 1. The summed E-state index contributed by atoms with van der Waals surface area (Å²) in [5, 5.41) is 7.69. The molecule has 1 aliphatic heterocycles. The van der Waals surface area contributed by atoms with Gasteiger partial charge >= 0.3 is 6.16 Å². The third kappa shape index (κ3) is 1.96. The summed E-state index contributed by atoms with van der Waals surface area (Å²) in [7, 11) is 0. The third-order valence-electron chi connectivity index (χ3n) is 3.02. The standard InChI is InChI=1S/C12H6F3NO4S/c13-3-8-16-7-2-6(15)5(14)1-4(7)9(17)10(11(16)21-8)20-12(18)19/h1-2,8H,3H2,(H,18,19).